The molecule has 0 amide bonds. The number of azo groups is 2. The Morgan fingerprint density at radius 1 is 0.500 bits per heavy atom. The number of rotatable bonds is 12. The van der Waals surface area contributed by atoms with E-state index in [-0.39, 0.29) is 180 Å². The van der Waals surface area contributed by atoms with E-state index < -0.39 is 66.1 Å². The molecule has 0 saturated heterocycles. The van der Waals surface area contributed by atoms with Gasteiger partial charge in [-0.05, 0) is 96.4 Å². The molecule has 0 aromatic heterocycles. The molecule has 6 rings (SSSR count). The summed E-state index contributed by atoms with van der Waals surface area (Å²) >= 11 is 0. The summed E-state index contributed by atoms with van der Waals surface area (Å²) in [7, 11) is -16.8. The van der Waals surface area contributed by atoms with Crippen LogP contribution in [0.2, 0.25) is 0 Å². The van der Waals surface area contributed by atoms with Crippen molar-refractivity contribution in [3.05, 3.63) is 96.1 Å². The van der Waals surface area contributed by atoms with Gasteiger partial charge in [-0.3, -0.25) is 18.2 Å². The van der Waals surface area contributed by atoms with Gasteiger partial charge in [0.15, 0.2) is 0 Å². The number of aliphatic hydroxyl groups excluding tert-OH is 1. The second kappa shape index (κ2) is 23.4. The first-order valence-electron chi connectivity index (χ1n) is 17.2. The minimum absolute atomic E-state index is 0. The first-order valence-corrected chi connectivity index (χ1v) is 22.9. The quantitative estimate of drug-likeness (QED) is 0.0248. The summed E-state index contributed by atoms with van der Waals surface area (Å²) in [5.74, 6) is 0.354. The van der Waals surface area contributed by atoms with Crippen LogP contribution >= 0.6 is 0 Å². The van der Waals surface area contributed by atoms with Crippen molar-refractivity contribution in [2.24, 2.45) is 25.4 Å². The average Bonchev–Trinajstić information content (AvgIpc) is 3.18. The van der Waals surface area contributed by atoms with Crippen molar-refractivity contribution in [1.29, 1.82) is 0 Å². The van der Waals surface area contributed by atoms with E-state index in [0.29, 0.717) is 28.9 Å². The molecule has 0 unspecified atom stereocenters. The van der Waals surface area contributed by atoms with E-state index in [1.165, 1.54) is 68.8 Å². The SMILES string of the molecule is COc1cc(N=C(O)Nc2cc(C)c(N=Nc3ccc4cc(S(=O)(=O)O)cc(S(=O)(=O)O)c4c3)cc2OC)c(C)cc1N=Nc1ccc2cc(S(=O)(=O)O)cc(S(=O)(=O)O)c2c1.[Na].[Na].[Na].[Na]. The van der Waals surface area contributed by atoms with Crippen LogP contribution in [0, 0.1) is 13.8 Å². The topological polar surface area (TPSA) is 330 Å². The first-order chi connectivity index (χ1) is 28.8. The third-order valence-electron chi connectivity index (χ3n) is 8.93. The van der Waals surface area contributed by atoms with E-state index in [4.69, 9.17) is 9.47 Å². The van der Waals surface area contributed by atoms with Gasteiger partial charge in [-0.25, -0.2) is 0 Å². The number of ether oxygens (including phenoxy) is 2. The number of amidine groups is 1. The monoisotopic (exact) mass is 1020 g/mol. The molecule has 21 nitrogen and oxygen atoms in total. The Labute approximate surface area is 466 Å². The predicted octanol–water partition coefficient (Wildman–Crippen LogP) is 6.58. The van der Waals surface area contributed by atoms with Crippen LogP contribution in [0.4, 0.5) is 34.1 Å². The summed E-state index contributed by atoms with van der Waals surface area (Å²) in [5.41, 5.74) is 2.24. The molecule has 4 radical (unpaired) electrons. The maximum absolute atomic E-state index is 12.1. The van der Waals surface area contributed by atoms with Crippen LogP contribution in [0.5, 0.6) is 11.5 Å². The van der Waals surface area contributed by atoms with Gasteiger partial charge in [0.25, 0.3) is 46.5 Å². The minimum atomic E-state index is -4.94. The second-order valence-electron chi connectivity index (χ2n) is 13.2. The number of nitrogens with zero attached hydrogens (tertiary/aromatic N) is 5. The molecule has 6 aromatic rings. The molecule has 6 aromatic carbocycles. The van der Waals surface area contributed by atoms with Gasteiger partial charge >= 0.3 is 0 Å². The molecule has 0 atom stereocenters. The fraction of sp³-hybridized carbons (Fsp3) is 0.108. The van der Waals surface area contributed by atoms with Gasteiger partial charge in [0, 0.05) is 141 Å². The molecular formula is C37H32N6Na4O15S4. The Morgan fingerprint density at radius 3 is 1.35 bits per heavy atom. The van der Waals surface area contributed by atoms with Gasteiger partial charge in [0.05, 0.1) is 52.4 Å². The van der Waals surface area contributed by atoms with E-state index in [1.54, 1.807) is 19.9 Å². The van der Waals surface area contributed by atoms with E-state index in [0.717, 1.165) is 12.1 Å². The maximum Gasteiger partial charge on any atom is 0.295 e. The van der Waals surface area contributed by atoms with E-state index in [9.17, 15) is 57.0 Å². The van der Waals surface area contributed by atoms with Crippen LogP contribution in [0.15, 0.2) is 130 Å². The van der Waals surface area contributed by atoms with Gasteiger partial charge in [-0.1, -0.05) is 12.1 Å². The zero-order valence-electron chi connectivity index (χ0n) is 36.3. The van der Waals surface area contributed by atoms with Crippen LogP contribution < -0.4 is 14.8 Å². The molecule has 0 aliphatic heterocycles. The van der Waals surface area contributed by atoms with E-state index in [1.807, 2.05) is 0 Å². The maximum atomic E-state index is 12.1. The fourth-order valence-electron chi connectivity index (χ4n) is 5.98. The Morgan fingerprint density at radius 2 is 0.924 bits per heavy atom. The van der Waals surface area contributed by atoms with Crippen molar-refractivity contribution in [3.8, 4) is 11.5 Å². The smallest absolute Gasteiger partial charge is 0.295 e. The number of hydrogen-bond donors (Lipinski definition) is 6. The van der Waals surface area contributed by atoms with Crippen molar-refractivity contribution in [2.75, 3.05) is 19.5 Å². The van der Waals surface area contributed by atoms with E-state index in [2.05, 4.69) is 30.8 Å². The number of methoxy groups -OCH3 is 2. The molecule has 0 heterocycles. The van der Waals surface area contributed by atoms with Gasteiger partial charge in [0.1, 0.15) is 27.0 Å². The van der Waals surface area contributed by atoms with Crippen molar-refractivity contribution < 1.29 is 66.5 Å². The molecule has 29 heteroatoms. The molecule has 6 N–H and O–H groups in total. The van der Waals surface area contributed by atoms with Crippen molar-refractivity contribution in [1.82, 2.24) is 0 Å². The number of aryl methyl sites for hydroxylation is 2. The fourth-order valence-corrected chi connectivity index (χ4v) is 8.68. The van der Waals surface area contributed by atoms with Crippen molar-refractivity contribution >= 4 is 220 Å². The molecule has 0 fully saturated rings. The number of anilines is 1. The summed E-state index contributed by atoms with van der Waals surface area (Å²) in [6.45, 7) is 3.33. The third kappa shape index (κ3) is 14.3. The van der Waals surface area contributed by atoms with Crippen LogP contribution in [0.1, 0.15) is 11.1 Å². The van der Waals surface area contributed by atoms with Crippen LogP contribution in [0.25, 0.3) is 21.5 Å². The molecule has 0 saturated carbocycles. The zero-order valence-corrected chi connectivity index (χ0v) is 47.5. The van der Waals surface area contributed by atoms with E-state index >= 15 is 0 Å². The number of hydrogen-bond acceptors (Lipinski definition) is 15. The standard InChI is InChI=1S/C37H32N6O15S4.4Na/c1-19-10-32(43-41-24-8-6-22-12-26(60(48,49)50)16-36(28(22)14-24)62(54,55)56)34(58-4)17-29(19)38-37(44)39-31-9-20(2)30(18-33(31)57-3)42-40-23-7-5-21-11-25(59(45,46)47)15-35(27(21)13-23)61(51,52)53;;;;/h5-18H,1-4H3,(H2,38,39,44)(H,45,46,47)(H,48,49,50)(H,51,52,53)(H,54,55,56);;;;. The molecule has 66 heavy (non-hydrogen) atoms. The number of benzene rings is 6. The zero-order chi connectivity index (χ0) is 45.5. The number of fused-ring (bicyclic) bond motifs is 2. The van der Waals surface area contributed by atoms with Crippen molar-refractivity contribution in [3.63, 3.8) is 0 Å². The predicted molar refractivity (Wildman–Crippen MR) is 247 cm³/mol. The first kappa shape index (κ1) is 59.7. The van der Waals surface area contributed by atoms with Gasteiger partial charge in [-0.2, -0.15) is 54.0 Å². The van der Waals surface area contributed by atoms with Gasteiger partial charge in [0.2, 0.25) is 0 Å². The third-order valence-corrected chi connectivity index (χ3v) is 12.4. The summed E-state index contributed by atoms with van der Waals surface area (Å²) in [5, 5.41) is 30.3. The Bertz CT molecular complexity index is 3420. The normalized spacial score (nSPS) is 12.3. The average molecular weight is 1020 g/mol. The summed E-state index contributed by atoms with van der Waals surface area (Å²) in [6, 6.07) is 16.7. The molecule has 0 bridgehead atoms. The van der Waals surface area contributed by atoms with Crippen LogP contribution in [-0.2, 0) is 40.5 Å². The molecule has 0 spiro atoms. The molecule has 0 aliphatic carbocycles. The number of aliphatic imine (C=N–C) groups is 1. The van der Waals surface area contributed by atoms with Gasteiger partial charge < -0.3 is 19.9 Å². The second-order valence-corrected chi connectivity index (χ2v) is 18.8. The number of nitrogens with one attached hydrogen (secondary N) is 1. The summed E-state index contributed by atoms with van der Waals surface area (Å²) < 4.78 is 144. The Kier molecular flexibility index (Phi) is 21.2. The number of aliphatic hydroxyl groups is 1. The Balaban J connectivity index is 0.00000374. The summed E-state index contributed by atoms with van der Waals surface area (Å²) in [4.78, 5) is 1.22. The molecular weight excluding hydrogens is 989 g/mol. The van der Waals surface area contributed by atoms with Crippen LogP contribution in [-0.4, -0.2) is 195 Å². The minimum Gasteiger partial charge on any atom is -0.494 e. The Hall–Kier alpha value is -2.45. The summed E-state index contributed by atoms with van der Waals surface area (Å²) in [6.07, 6.45) is 0. The van der Waals surface area contributed by atoms with Gasteiger partial charge in [-0.15, -0.1) is 5.11 Å². The van der Waals surface area contributed by atoms with Crippen molar-refractivity contribution in [2.45, 2.75) is 33.4 Å². The van der Waals surface area contributed by atoms with Crippen LogP contribution in [0.3, 0.4) is 0 Å². The molecule has 328 valence electrons. The molecule has 0 aliphatic rings. The largest absolute Gasteiger partial charge is 0.494 e.